The molecule has 1 aromatic carbocycles. The van der Waals surface area contributed by atoms with Gasteiger partial charge in [0.25, 0.3) is 0 Å². The minimum absolute atomic E-state index is 0.303. The van der Waals surface area contributed by atoms with Crippen molar-refractivity contribution in [2.45, 2.75) is 23.7 Å². The maximum Gasteiger partial charge on any atom is 0.500 e. The lowest BCUT2D eigenvalue weighted by Crippen LogP contribution is -2.44. The Hall–Kier alpha value is -0.203. The molecule has 1 rings (SSSR count). The van der Waals surface area contributed by atoms with Crippen LogP contribution in [0.3, 0.4) is 0 Å². The number of alkyl halides is 1. The van der Waals surface area contributed by atoms with Gasteiger partial charge in [-0.2, -0.15) is 0 Å². The molecule has 0 spiro atoms. The summed E-state index contributed by atoms with van der Waals surface area (Å²) in [5.74, 6) is 0.303. The molecular formula is C13H21BrO3Si. The fraction of sp³-hybridized carbons (Fsp3) is 0.538. The van der Waals surface area contributed by atoms with E-state index in [9.17, 15) is 0 Å². The molecule has 2 atom stereocenters. The van der Waals surface area contributed by atoms with Crippen LogP contribution >= 0.6 is 15.9 Å². The molecule has 0 aliphatic heterocycles. The van der Waals surface area contributed by atoms with Crippen LogP contribution in [0.1, 0.15) is 18.4 Å². The summed E-state index contributed by atoms with van der Waals surface area (Å²) in [4.78, 5) is 0.326. The third-order valence-electron chi connectivity index (χ3n) is 3.19. The Labute approximate surface area is 119 Å². The minimum Gasteiger partial charge on any atom is -0.377 e. The Morgan fingerprint density at radius 3 is 1.94 bits per heavy atom. The zero-order valence-electron chi connectivity index (χ0n) is 11.4. The first-order chi connectivity index (χ1) is 8.58. The Bertz CT molecular complexity index is 333. The largest absolute Gasteiger partial charge is 0.500 e. The average molecular weight is 333 g/mol. The lowest BCUT2D eigenvalue weighted by Gasteiger charge is -2.30. The summed E-state index contributed by atoms with van der Waals surface area (Å²) in [6.45, 7) is 2.14. The Morgan fingerprint density at radius 2 is 1.56 bits per heavy atom. The van der Waals surface area contributed by atoms with Crippen LogP contribution < -0.4 is 0 Å². The van der Waals surface area contributed by atoms with Gasteiger partial charge in [0.05, 0.1) is 0 Å². The monoisotopic (exact) mass is 332 g/mol. The summed E-state index contributed by atoms with van der Waals surface area (Å²) in [6.07, 6.45) is 0. The first kappa shape index (κ1) is 15.9. The van der Waals surface area contributed by atoms with Gasteiger partial charge in [-0.3, -0.25) is 0 Å². The molecule has 0 amide bonds. The van der Waals surface area contributed by atoms with Crippen LogP contribution in [0.5, 0.6) is 0 Å². The van der Waals surface area contributed by atoms with Gasteiger partial charge in [-0.05, 0) is 5.56 Å². The SMILES string of the molecule is CO[Si](CC(c1ccccc1)C(C)Br)(OC)OC. The van der Waals surface area contributed by atoms with E-state index in [4.69, 9.17) is 13.3 Å². The molecule has 0 saturated heterocycles. The summed E-state index contributed by atoms with van der Waals surface area (Å²) in [5.41, 5.74) is 1.27. The Balaban J connectivity index is 2.94. The van der Waals surface area contributed by atoms with Crippen LogP contribution in [0, 0.1) is 0 Å². The maximum absolute atomic E-state index is 5.51. The molecule has 0 N–H and O–H groups in total. The second kappa shape index (κ2) is 7.40. The maximum atomic E-state index is 5.51. The Kier molecular flexibility index (Phi) is 6.52. The minimum atomic E-state index is -2.56. The molecule has 18 heavy (non-hydrogen) atoms. The van der Waals surface area contributed by atoms with Crippen LogP contribution in [-0.4, -0.2) is 35.0 Å². The zero-order chi connectivity index (χ0) is 13.6. The molecule has 0 aromatic heterocycles. The van der Waals surface area contributed by atoms with E-state index in [1.54, 1.807) is 21.3 Å². The molecule has 0 heterocycles. The van der Waals surface area contributed by atoms with E-state index in [2.05, 4.69) is 35.0 Å². The van der Waals surface area contributed by atoms with E-state index in [0.29, 0.717) is 10.7 Å². The summed E-state index contributed by atoms with van der Waals surface area (Å²) in [7, 11) is 2.40. The molecule has 102 valence electrons. The van der Waals surface area contributed by atoms with Gasteiger partial charge >= 0.3 is 8.80 Å². The molecule has 1 aromatic rings. The summed E-state index contributed by atoms with van der Waals surface area (Å²) >= 11 is 3.67. The van der Waals surface area contributed by atoms with Crippen molar-refractivity contribution in [3.8, 4) is 0 Å². The third kappa shape index (κ3) is 3.90. The van der Waals surface area contributed by atoms with Gasteiger partial charge in [-0.15, -0.1) is 0 Å². The molecule has 0 fully saturated rings. The van der Waals surface area contributed by atoms with Crippen molar-refractivity contribution in [3.05, 3.63) is 35.9 Å². The van der Waals surface area contributed by atoms with Gasteiger partial charge in [-0.25, -0.2) is 0 Å². The van der Waals surface area contributed by atoms with Crippen LogP contribution in [0.15, 0.2) is 30.3 Å². The van der Waals surface area contributed by atoms with E-state index in [1.165, 1.54) is 5.56 Å². The number of rotatable bonds is 7. The van der Waals surface area contributed by atoms with Crippen LogP contribution in [-0.2, 0) is 13.3 Å². The molecule has 0 radical (unpaired) electrons. The van der Waals surface area contributed by atoms with Crippen molar-refractivity contribution in [2.24, 2.45) is 0 Å². The molecule has 0 saturated carbocycles. The first-order valence-corrected chi connectivity index (χ1v) is 8.77. The zero-order valence-corrected chi connectivity index (χ0v) is 13.9. The van der Waals surface area contributed by atoms with Gasteiger partial charge in [0.2, 0.25) is 0 Å². The number of benzene rings is 1. The number of hydrogen-bond donors (Lipinski definition) is 0. The van der Waals surface area contributed by atoms with Crippen LogP contribution in [0.25, 0.3) is 0 Å². The van der Waals surface area contributed by atoms with Gasteiger partial charge in [0, 0.05) is 38.1 Å². The smallest absolute Gasteiger partial charge is 0.377 e. The molecular weight excluding hydrogens is 312 g/mol. The standard InChI is InChI=1S/C13H21BrO3Si/c1-11(14)13(12-8-6-5-7-9-12)10-18(15-2,16-3)17-4/h5-9,11,13H,10H2,1-4H3. The van der Waals surface area contributed by atoms with Crippen molar-refractivity contribution in [2.75, 3.05) is 21.3 Å². The highest BCUT2D eigenvalue weighted by atomic mass is 79.9. The van der Waals surface area contributed by atoms with E-state index >= 15 is 0 Å². The topological polar surface area (TPSA) is 27.7 Å². The fourth-order valence-corrected chi connectivity index (χ4v) is 4.98. The van der Waals surface area contributed by atoms with Gasteiger partial charge in [0.1, 0.15) is 0 Å². The van der Waals surface area contributed by atoms with Crippen molar-refractivity contribution >= 4 is 24.7 Å². The predicted molar refractivity (Wildman–Crippen MR) is 79.2 cm³/mol. The van der Waals surface area contributed by atoms with Crippen molar-refractivity contribution in [1.29, 1.82) is 0 Å². The second-order valence-corrected chi connectivity index (χ2v) is 8.64. The molecule has 0 aliphatic rings. The van der Waals surface area contributed by atoms with E-state index in [1.807, 2.05) is 18.2 Å². The normalized spacial score (nSPS) is 15.4. The van der Waals surface area contributed by atoms with Crippen LogP contribution in [0.2, 0.25) is 6.04 Å². The summed E-state index contributed by atoms with van der Waals surface area (Å²) < 4.78 is 16.5. The average Bonchev–Trinajstić information content (AvgIpc) is 2.42. The molecule has 2 unspecified atom stereocenters. The van der Waals surface area contributed by atoms with E-state index in [-0.39, 0.29) is 0 Å². The molecule has 0 aliphatic carbocycles. The fourth-order valence-electron chi connectivity index (χ4n) is 2.02. The lowest BCUT2D eigenvalue weighted by molar-refractivity contribution is 0.121. The summed E-state index contributed by atoms with van der Waals surface area (Å²) in [6, 6.07) is 11.1. The highest BCUT2D eigenvalue weighted by Crippen LogP contribution is 2.33. The number of hydrogen-bond acceptors (Lipinski definition) is 3. The molecule has 0 bridgehead atoms. The van der Waals surface area contributed by atoms with Crippen molar-refractivity contribution < 1.29 is 13.3 Å². The highest BCUT2D eigenvalue weighted by Gasteiger charge is 2.41. The third-order valence-corrected chi connectivity index (χ3v) is 6.63. The highest BCUT2D eigenvalue weighted by molar-refractivity contribution is 9.09. The summed E-state index contributed by atoms with van der Waals surface area (Å²) in [5, 5.41) is 0. The van der Waals surface area contributed by atoms with Crippen LogP contribution in [0.4, 0.5) is 0 Å². The first-order valence-electron chi connectivity index (χ1n) is 5.93. The number of halogens is 1. The van der Waals surface area contributed by atoms with Gasteiger partial charge < -0.3 is 13.3 Å². The lowest BCUT2D eigenvalue weighted by atomic mass is 9.99. The van der Waals surface area contributed by atoms with Gasteiger partial charge in [0.15, 0.2) is 0 Å². The van der Waals surface area contributed by atoms with Crippen molar-refractivity contribution in [3.63, 3.8) is 0 Å². The van der Waals surface area contributed by atoms with Gasteiger partial charge in [-0.1, -0.05) is 53.2 Å². The van der Waals surface area contributed by atoms with Crippen molar-refractivity contribution in [1.82, 2.24) is 0 Å². The quantitative estimate of drug-likeness (QED) is 0.565. The van der Waals surface area contributed by atoms with E-state index < -0.39 is 8.80 Å². The molecule has 3 nitrogen and oxygen atoms in total. The second-order valence-electron chi connectivity index (χ2n) is 4.19. The predicted octanol–water partition coefficient (Wildman–Crippen LogP) is 3.43. The molecule has 5 heteroatoms. The van der Waals surface area contributed by atoms with E-state index in [0.717, 1.165) is 6.04 Å². The Morgan fingerprint density at radius 1 is 1.06 bits per heavy atom.